The molecule has 0 spiro atoms. The summed E-state index contributed by atoms with van der Waals surface area (Å²) in [7, 11) is 0. The van der Waals surface area contributed by atoms with Gasteiger partial charge >= 0.3 is 0 Å². The lowest BCUT2D eigenvalue weighted by molar-refractivity contribution is -0.116. The van der Waals surface area contributed by atoms with Crippen LogP contribution in [0.3, 0.4) is 0 Å². The Morgan fingerprint density at radius 1 is 1.28 bits per heavy atom. The summed E-state index contributed by atoms with van der Waals surface area (Å²) in [6.45, 7) is 2.02. The molecule has 0 unspecified atom stereocenters. The number of anilines is 1. The number of carbonyl (C=O) groups excluding carboxylic acids is 1. The minimum atomic E-state index is -0.0161. The zero-order valence-corrected chi connectivity index (χ0v) is 11.0. The summed E-state index contributed by atoms with van der Waals surface area (Å²) >= 11 is 1.43. The Morgan fingerprint density at radius 2 is 2.06 bits per heavy atom. The lowest BCUT2D eigenvalue weighted by Gasteiger charge is -2.01. The minimum absolute atomic E-state index is 0.0161. The Labute approximate surface area is 110 Å². The molecule has 1 amide bonds. The highest BCUT2D eigenvalue weighted by atomic mass is 32.1. The Kier molecular flexibility index (Phi) is 4.41. The van der Waals surface area contributed by atoms with Gasteiger partial charge in [-0.25, -0.2) is 0 Å². The van der Waals surface area contributed by atoms with E-state index in [1.165, 1.54) is 16.9 Å². The molecule has 0 saturated heterocycles. The van der Waals surface area contributed by atoms with Crippen LogP contribution in [-0.4, -0.2) is 16.1 Å². The first kappa shape index (κ1) is 12.7. The maximum Gasteiger partial charge on any atom is 0.226 e. The van der Waals surface area contributed by atoms with Gasteiger partial charge in [0.05, 0.1) is 0 Å². The third-order valence-corrected chi connectivity index (χ3v) is 3.48. The van der Waals surface area contributed by atoms with Crippen molar-refractivity contribution in [2.24, 2.45) is 0 Å². The van der Waals surface area contributed by atoms with Crippen LogP contribution in [0.2, 0.25) is 0 Å². The first-order valence-electron chi connectivity index (χ1n) is 5.94. The van der Waals surface area contributed by atoms with Crippen LogP contribution in [0.1, 0.15) is 23.9 Å². The molecule has 94 valence electrons. The minimum Gasteiger partial charge on any atom is -0.301 e. The highest BCUT2D eigenvalue weighted by Gasteiger charge is 2.07. The number of amides is 1. The number of rotatable bonds is 5. The Balaban J connectivity index is 1.82. The molecular weight excluding hydrogens is 246 g/mol. The van der Waals surface area contributed by atoms with Gasteiger partial charge in [-0.2, -0.15) is 0 Å². The van der Waals surface area contributed by atoms with Crippen LogP contribution in [0.25, 0.3) is 0 Å². The van der Waals surface area contributed by atoms with Crippen LogP contribution < -0.4 is 5.32 Å². The molecule has 0 aliphatic rings. The standard InChI is InChI=1S/C13H15N3OS/c1-2-12-15-16-13(18-12)14-11(17)9-8-10-6-4-3-5-7-10/h3-7H,2,8-9H2,1H3,(H,14,16,17). The van der Waals surface area contributed by atoms with Crippen molar-refractivity contribution in [3.63, 3.8) is 0 Å². The third kappa shape index (κ3) is 3.63. The molecule has 0 fully saturated rings. The molecule has 0 aliphatic heterocycles. The molecule has 1 aromatic heterocycles. The van der Waals surface area contributed by atoms with Gasteiger partial charge in [0.15, 0.2) is 0 Å². The van der Waals surface area contributed by atoms with E-state index in [9.17, 15) is 4.79 Å². The van der Waals surface area contributed by atoms with Crippen LogP contribution in [-0.2, 0) is 17.6 Å². The summed E-state index contributed by atoms with van der Waals surface area (Å²) in [4.78, 5) is 11.7. The van der Waals surface area contributed by atoms with Gasteiger partial charge < -0.3 is 5.32 Å². The average molecular weight is 261 g/mol. The quantitative estimate of drug-likeness (QED) is 0.900. The molecule has 1 N–H and O–H groups in total. The topological polar surface area (TPSA) is 54.9 Å². The van der Waals surface area contributed by atoms with Gasteiger partial charge in [0.2, 0.25) is 11.0 Å². The van der Waals surface area contributed by atoms with Gasteiger partial charge in [-0.15, -0.1) is 10.2 Å². The summed E-state index contributed by atoms with van der Waals surface area (Å²) in [5.41, 5.74) is 1.17. The molecule has 1 aromatic carbocycles. The second kappa shape index (κ2) is 6.26. The molecule has 1 heterocycles. The van der Waals surface area contributed by atoms with Crippen LogP contribution in [0.5, 0.6) is 0 Å². The maximum atomic E-state index is 11.7. The Hall–Kier alpha value is -1.75. The average Bonchev–Trinajstić information content (AvgIpc) is 2.85. The van der Waals surface area contributed by atoms with Gasteiger partial charge in [0.25, 0.3) is 0 Å². The van der Waals surface area contributed by atoms with Crippen LogP contribution in [0, 0.1) is 0 Å². The van der Waals surface area contributed by atoms with Gasteiger partial charge in [0, 0.05) is 6.42 Å². The predicted molar refractivity (Wildman–Crippen MR) is 72.7 cm³/mol. The number of hydrogen-bond acceptors (Lipinski definition) is 4. The fourth-order valence-electron chi connectivity index (χ4n) is 1.53. The molecule has 0 radical (unpaired) electrons. The van der Waals surface area contributed by atoms with Crippen molar-refractivity contribution in [2.45, 2.75) is 26.2 Å². The van der Waals surface area contributed by atoms with Crippen molar-refractivity contribution < 1.29 is 4.79 Å². The van der Waals surface area contributed by atoms with Crippen LogP contribution in [0.15, 0.2) is 30.3 Å². The van der Waals surface area contributed by atoms with Crippen molar-refractivity contribution in [1.82, 2.24) is 10.2 Å². The summed E-state index contributed by atoms with van der Waals surface area (Å²) in [5, 5.41) is 12.2. The van der Waals surface area contributed by atoms with Gasteiger partial charge in [-0.1, -0.05) is 48.6 Å². The molecule has 5 heteroatoms. The van der Waals surface area contributed by atoms with E-state index in [1.807, 2.05) is 37.3 Å². The van der Waals surface area contributed by atoms with Crippen molar-refractivity contribution in [2.75, 3.05) is 5.32 Å². The number of nitrogens with one attached hydrogen (secondary N) is 1. The first-order valence-corrected chi connectivity index (χ1v) is 6.75. The van der Waals surface area contributed by atoms with Crippen molar-refractivity contribution in [3.8, 4) is 0 Å². The fourth-order valence-corrected chi connectivity index (χ4v) is 2.23. The predicted octanol–water partition coefficient (Wildman–Crippen LogP) is 2.67. The van der Waals surface area contributed by atoms with Gasteiger partial charge in [0.1, 0.15) is 5.01 Å². The molecule has 18 heavy (non-hydrogen) atoms. The molecule has 0 saturated carbocycles. The first-order chi connectivity index (χ1) is 8.78. The van der Waals surface area contributed by atoms with E-state index in [0.29, 0.717) is 11.6 Å². The number of aromatic nitrogens is 2. The summed E-state index contributed by atoms with van der Waals surface area (Å²) < 4.78 is 0. The summed E-state index contributed by atoms with van der Waals surface area (Å²) in [6, 6.07) is 9.97. The summed E-state index contributed by atoms with van der Waals surface area (Å²) in [5.74, 6) is -0.0161. The highest BCUT2D eigenvalue weighted by Crippen LogP contribution is 2.15. The van der Waals surface area contributed by atoms with Crippen molar-refractivity contribution >= 4 is 22.4 Å². The molecule has 2 rings (SSSR count). The van der Waals surface area contributed by atoms with E-state index >= 15 is 0 Å². The lowest BCUT2D eigenvalue weighted by atomic mass is 10.1. The Bertz CT molecular complexity index is 510. The second-order valence-electron chi connectivity index (χ2n) is 3.89. The number of carbonyl (C=O) groups is 1. The molecule has 0 aliphatic carbocycles. The number of aryl methyl sites for hydroxylation is 2. The van der Waals surface area contributed by atoms with Crippen molar-refractivity contribution in [1.29, 1.82) is 0 Å². The molecule has 4 nitrogen and oxygen atoms in total. The molecule has 0 atom stereocenters. The van der Waals surface area contributed by atoms with E-state index in [0.717, 1.165) is 17.8 Å². The molecule has 0 bridgehead atoms. The molecule has 2 aromatic rings. The maximum absolute atomic E-state index is 11.7. The SMILES string of the molecule is CCc1nnc(NC(=O)CCc2ccccc2)s1. The largest absolute Gasteiger partial charge is 0.301 e. The van der Waals surface area contributed by atoms with Gasteiger partial charge in [-0.3, -0.25) is 4.79 Å². The normalized spacial score (nSPS) is 10.3. The smallest absolute Gasteiger partial charge is 0.226 e. The Morgan fingerprint density at radius 3 is 2.72 bits per heavy atom. The number of benzene rings is 1. The van der Waals surface area contributed by atoms with E-state index in [-0.39, 0.29) is 5.91 Å². The zero-order chi connectivity index (χ0) is 12.8. The number of nitrogens with zero attached hydrogens (tertiary/aromatic N) is 2. The third-order valence-electron chi connectivity index (χ3n) is 2.50. The fraction of sp³-hybridized carbons (Fsp3) is 0.308. The van der Waals surface area contributed by atoms with Gasteiger partial charge in [-0.05, 0) is 18.4 Å². The summed E-state index contributed by atoms with van der Waals surface area (Å²) in [6.07, 6.45) is 2.05. The van der Waals surface area contributed by atoms with E-state index in [4.69, 9.17) is 0 Å². The van der Waals surface area contributed by atoms with Crippen LogP contribution in [0.4, 0.5) is 5.13 Å². The number of hydrogen-bond donors (Lipinski definition) is 1. The van der Waals surface area contributed by atoms with Crippen molar-refractivity contribution in [3.05, 3.63) is 40.9 Å². The van der Waals surface area contributed by atoms with Crippen LogP contribution >= 0.6 is 11.3 Å². The van der Waals surface area contributed by atoms with E-state index in [1.54, 1.807) is 0 Å². The van der Waals surface area contributed by atoms with E-state index in [2.05, 4.69) is 15.5 Å². The highest BCUT2D eigenvalue weighted by molar-refractivity contribution is 7.15. The van der Waals surface area contributed by atoms with E-state index < -0.39 is 0 Å². The molecular formula is C13H15N3OS. The lowest BCUT2D eigenvalue weighted by Crippen LogP contribution is -2.12. The monoisotopic (exact) mass is 261 g/mol. The zero-order valence-electron chi connectivity index (χ0n) is 10.2. The second-order valence-corrected chi connectivity index (χ2v) is 4.95.